The molecule has 0 aromatic heterocycles. The predicted molar refractivity (Wildman–Crippen MR) is 71.4 cm³/mol. The Hall–Kier alpha value is -1.06. The van der Waals surface area contributed by atoms with Crippen LogP contribution < -0.4 is 4.90 Å². The van der Waals surface area contributed by atoms with Crippen molar-refractivity contribution in [2.24, 2.45) is 0 Å². The van der Waals surface area contributed by atoms with Crippen LogP contribution in [0.5, 0.6) is 0 Å². The zero-order chi connectivity index (χ0) is 12.1. The molecule has 0 aliphatic carbocycles. The highest BCUT2D eigenvalue weighted by molar-refractivity contribution is 5.44. The molecule has 0 spiro atoms. The lowest BCUT2D eigenvalue weighted by atomic mass is 10.1. The van der Waals surface area contributed by atoms with Crippen molar-refractivity contribution in [2.45, 2.75) is 18.9 Å². The van der Waals surface area contributed by atoms with Gasteiger partial charge in [-0.25, -0.2) is 0 Å². The van der Waals surface area contributed by atoms with Crippen LogP contribution in [0, 0.1) is 0 Å². The van der Waals surface area contributed by atoms with Crippen molar-refractivity contribution in [3.63, 3.8) is 0 Å². The molecule has 1 saturated heterocycles. The molecule has 1 atom stereocenters. The van der Waals surface area contributed by atoms with E-state index in [1.54, 1.807) is 0 Å². The van der Waals surface area contributed by atoms with E-state index in [1.165, 1.54) is 5.69 Å². The zero-order valence-electron chi connectivity index (χ0n) is 10.5. The summed E-state index contributed by atoms with van der Waals surface area (Å²) in [5.74, 6) is 0. The molecule has 3 nitrogen and oxygen atoms in total. The number of aliphatic hydroxyl groups is 1. The van der Waals surface area contributed by atoms with Crippen LogP contribution in [-0.4, -0.2) is 49.3 Å². The van der Waals surface area contributed by atoms with Crippen LogP contribution in [-0.2, 0) is 0 Å². The number of β-amino-alcohol motifs (C(OH)–C–C–N with tert-alkyl or cyclic N) is 1. The highest BCUT2D eigenvalue weighted by atomic mass is 16.3. The molecular weight excluding hydrogens is 212 g/mol. The fourth-order valence-corrected chi connectivity index (χ4v) is 2.34. The Morgan fingerprint density at radius 1 is 1.35 bits per heavy atom. The second-order valence-electron chi connectivity index (χ2n) is 4.85. The minimum atomic E-state index is -0.120. The van der Waals surface area contributed by atoms with Crippen molar-refractivity contribution >= 4 is 5.69 Å². The number of benzene rings is 1. The maximum Gasteiger partial charge on any atom is 0.0667 e. The van der Waals surface area contributed by atoms with Gasteiger partial charge in [0, 0.05) is 32.4 Å². The summed E-state index contributed by atoms with van der Waals surface area (Å²) in [7, 11) is 2.12. The van der Waals surface area contributed by atoms with Gasteiger partial charge in [0.1, 0.15) is 0 Å². The van der Waals surface area contributed by atoms with Crippen molar-refractivity contribution < 1.29 is 5.11 Å². The SMILES string of the molecule is CN(CCN1CCCC(O)C1)c1ccccc1. The summed E-state index contributed by atoms with van der Waals surface area (Å²) in [5.41, 5.74) is 1.25. The van der Waals surface area contributed by atoms with E-state index in [1.807, 2.05) is 6.07 Å². The maximum atomic E-state index is 9.61. The Morgan fingerprint density at radius 2 is 2.12 bits per heavy atom. The monoisotopic (exact) mass is 234 g/mol. The molecule has 0 radical (unpaired) electrons. The molecule has 1 N–H and O–H groups in total. The van der Waals surface area contributed by atoms with Crippen LogP contribution in [0.3, 0.4) is 0 Å². The average molecular weight is 234 g/mol. The lowest BCUT2D eigenvalue weighted by Crippen LogP contribution is -2.42. The number of hydrogen-bond donors (Lipinski definition) is 1. The highest BCUT2D eigenvalue weighted by Gasteiger charge is 2.17. The Balaban J connectivity index is 1.78. The van der Waals surface area contributed by atoms with Crippen molar-refractivity contribution in [1.82, 2.24) is 4.90 Å². The number of aliphatic hydroxyl groups excluding tert-OH is 1. The van der Waals surface area contributed by atoms with Crippen molar-refractivity contribution in [3.05, 3.63) is 30.3 Å². The molecule has 1 aliphatic rings. The van der Waals surface area contributed by atoms with Crippen LogP contribution in [0.1, 0.15) is 12.8 Å². The fraction of sp³-hybridized carbons (Fsp3) is 0.571. The van der Waals surface area contributed by atoms with Gasteiger partial charge in [-0.05, 0) is 31.5 Å². The fourth-order valence-electron chi connectivity index (χ4n) is 2.34. The second kappa shape index (κ2) is 6.03. The van der Waals surface area contributed by atoms with E-state index in [9.17, 15) is 5.11 Å². The summed E-state index contributed by atoms with van der Waals surface area (Å²) >= 11 is 0. The van der Waals surface area contributed by atoms with Crippen molar-refractivity contribution in [1.29, 1.82) is 0 Å². The van der Waals surface area contributed by atoms with E-state index in [-0.39, 0.29) is 6.10 Å². The minimum absolute atomic E-state index is 0.120. The molecule has 1 aliphatic heterocycles. The summed E-state index contributed by atoms with van der Waals surface area (Å²) in [4.78, 5) is 4.62. The average Bonchev–Trinajstić information content (AvgIpc) is 2.37. The molecule has 1 fully saturated rings. The molecule has 0 bridgehead atoms. The van der Waals surface area contributed by atoms with Gasteiger partial charge in [0.15, 0.2) is 0 Å². The third kappa shape index (κ3) is 3.72. The lowest BCUT2D eigenvalue weighted by molar-refractivity contribution is 0.0723. The number of anilines is 1. The summed E-state index contributed by atoms with van der Waals surface area (Å²) in [6.45, 7) is 4.00. The number of likely N-dealkylation sites (tertiary alicyclic amines) is 1. The van der Waals surface area contributed by atoms with Gasteiger partial charge in [-0.15, -0.1) is 0 Å². The van der Waals surface area contributed by atoms with Crippen LogP contribution in [0.4, 0.5) is 5.69 Å². The molecule has 0 saturated carbocycles. The van der Waals surface area contributed by atoms with Crippen LogP contribution in [0.15, 0.2) is 30.3 Å². The van der Waals surface area contributed by atoms with Crippen LogP contribution in [0.2, 0.25) is 0 Å². The summed E-state index contributed by atoms with van der Waals surface area (Å²) < 4.78 is 0. The van der Waals surface area contributed by atoms with Gasteiger partial charge in [0.25, 0.3) is 0 Å². The normalized spacial score (nSPS) is 21.4. The van der Waals surface area contributed by atoms with Crippen molar-refractivity contribution in [2.75, 3.05) is 38.1 Å². The number of piperidine rings is 1. The Labute approximate surface area is 104 Å². The quantitative estimate of drug-likeness (QED) is 0.857. The second-order valence-corrected chi connectivity index (χ2v) is 4.85. The Bertz CT molecular complexity index is 328. The van der Waals surface area contributed by atoms with Crippen molar-refractivity contribution in [3.8, 4) is 0 Å². The third-order valence-electron chi connectivity index (χ3n) is 3.43. The molecular formula is C14H22N2O. The number of nitrogens with zero attached hydrogens (tertiary/aromatic N) is 2. The minimum Gasteiger partial charge on any atom is -0.392 e. The lowest BCUT2D eigenvalue weighted by Gasteiger charge is -2.31. The van der Waals surface area contributed by atoms with E-state index >= 15 is 0 Å². The van der Waals surface area contributed by atoms with E-state index in [4.69, 9.17) is 0 Å². The largest absolute Gasteiger partial charge is 0.392 e. The highest BCUT2D eigenvalue weighted by Crippen LogP contribution is 2.12. The van der Waals surface area contributed by atoms with Gasteiger partial charge in [-0.2, -0.15) is 0 Å². The Kier molecular flexibility index (Phi) is 4.40. The summed E-state index contributed by atoms with van der Waals surface area (Å²) in [5, 5.41) is 9.61. The van der Waals surface area contributed by atoms with Gasteiger partial charge in [-0.3, -0.25) is 4.90 Å². The standard InChI is InChI=1S/C14H22N2O/c1-15(13-6-3-2-4-7-13)10-11-16-9-5-8-14(17)12-16/h2-4,6-7,14,17H,5,8-12H2,1H3. The van der Waals surface area contributed by atoms with Gasteiger partial charge in [0.05, 0.1) is 6.10 Å². The van der Waals surface area contributed by atoms with Crippen LogP contribution in [0.25, 0.3) is 0 Å². The third-order valence-corrected chi connectivity index (χ3v) is 3.43. The molecule has 17 heavy (non-hydrogen) atoms. The maximum absolute atomic E-state index is 9.61. The van der Waals surface area contributed by atoms with Gasteiger partial charge >= 0.3 is 0 Å². The van der Waals surface area contributed by atoms with Gasteiger partial charge < -0.3 is 10.0 Å². The number of para-hydroxylation sites is 1. The molecule has 3 heteroatoms. The summed E-state index contributed by atoms with van der Waals surface area (Å²) in [6.07, 6.45) is 1.96. The van der Waals surface area contributed by atoms with Crippen LogP contribution >= 0.6 is 0 Å². The molecule has 2 rings (SSSR count). The summed E-state index contributed by atoms with van der Waals surface area (Å²) in [6, 6.07) is 10.4. The first-order valence-electron chi connectivity index (χ1n) is 6.42. The predicted octanol–water partition coefficient (Wildman–Crippen LogP) is 1.58. The molecule has 1 aromatic carbocycles. The van der Waals surface area contributed by atoms with Gasteiger partial charge in [0.2, 0.25) is 0 Å². The number of hydrogen-bond acceptors (Lipinski definition) is 3. The molecule has 0 amide bonds. The van der Waals surface area contributed by atoms with E-state index in [0.717, 1.165) is 39.0 Å². The Morgan fingerprint density at radius 3 is 2.82 bits per heavy atom. The number of likely N-dealkylation sites (N-methyl/N-ethyl adjacent to an activating group) is 1. The van der Waals surface area contributed by atoms with E-state index in [2.05, 4.69) is 41.1 Å². The van der Waals surface area contributed by atoms with Gasteiger partial charge in [-0.1, -0.05) is 18.2 Å². The van der Waals surface area contributed by atoms with E-state index < -0.39 is 0 Å². The molecule has 94 valence electrons. The first-order chi connectivity index (χ1) is 8.25. The van der Waals surface area contributed by atoms with E-state index in [0.29, 0.717) is 0 Å². The zero-order valence-corrected chi connectivity index (χ0v) is 10.5. The molecule has 1 heterocycles. The smallest absolute Gasteiger partial charge is 0.0667 e. The molecule has 1 aromatic rings. The first-order valence-corrected chi connectivity index (χ1v) is 6.42. The molecule has 1 unspecified atom stereocenters. The first kappa shape index (κ1) is 12.4. The topological polar surface area (TPSA) is 26.7 Å². The number of rotatable bonds is 4.